The van der Waals surface area contributed by atoms with Gasteiger partial charge in [-0.2, -0.15) is 0 Å². The summed E-state index contributed by atoms with van der Waals surface area (Å²) in [6.07, 6.45) is 10.6. The Morgan fingerprint density at radius 1 is 1.23 bits per heavy atom. The van der Waals surface area contributed by atoms with Crippen LogP contribution in [0.4, 0.5) is 4.39 Å². The number of hydrogen-bond donors (Lipinski definition) is 4. The van der Waals surface area contributed by atoms with E-state index in [9.17, 15) is 19.1 Å². The van der Waals surface area contributed by atoms with Gasteiger partial charge in [0.2, 0.25) is 0 Å². The number of amides is 2. The van der Waals surface area contributed by atoms with Crippen LogP contribution < -0.4 is 16.0 Å². The molecule has 0 radical (unpaired) electrons. The second-order valence-electron chi connectivity index (χ2n) is 7.51. The third kappa shape index (κ3) is 5.72. The summed E-state index contributed by atoms with van der Waals surface area (Å²) in [6, 6.07) is 5.50. The summed E-state index contributed by atoms with van der Waals surface area (Å²) in [6.45, 7) is 5.43. The van der Waals surface area contributed by atoms with E-state index in [-0.39, 0.29) is 24.0 Å². The van der Waals surface area contributed by atoms with E-state index in [0.717, 1.165) is 25.0 Å². The average Bonchev–Trinajstić information content (AvgIpc) is 3.02. The lowest BCUT2D eigenvalue weighted by molar-refractivity contribution is -0.121. The first-order chi connectivity index (χ1) is 14.8. The van der Waals surface area contributed by atoms with Crippen LogP contribution in [0.2, 0.25) is 0 Å². The first-order valence-electron chi connectivity index (χ1n) is 10.1. The van der Waals surface area contributed by atoms with Crippen LogP contribution in [-0.2, 0) is 16.1 Å². The zero-order chi connectivity index (χ0) is 22.4. The van der Waals surface area contributed by atoms with Crippen LogP contribution in [0.15, 0.2) is 83.4 Å². The zero-order valence-electron chi connectivity index (χ0n) is 17.4. The molecule has 31 heavy (non-hydrogen) atoms. The number of hydrogen-bond acceptors (Lipinski definition) is 4. The second kappa shape index (κ2) is 9.93. The smallest absolute Gasteiger partial charge is 0.290 e. The Balaban J connectivity index is 1.56. The van der Waals surface area contributed by atoms with E-state index in [2.05, 4.69) is 28.6 Å². The highest BCUT2D eigenvalue weighted by Gasteiger charge is 2.24. The number of aliphatic hydroxyl groups is 1. The highest BCUT2D eigenvalue weighted by atomic mass is 19.1. The molecule has 1 atom stereocenters. The summed E-state index contributed by atoms with van der Waals surface area (Å²) in [5.41, 5.74) is 3.32. The van der Waals surface area contributed by atoms with Gasteiger partial charge >= 0.3 is 0 Å². The minimum absolute atomic E-state index is 0.119. The summed E-state index contributed by atoms with van der Waals surface area (Å²) >= 11 is 0. The number of aliphatic hydroxyl groups excluding tert-OH is 1. The molecule has 1 aromatic rings. The first-order valence-corrected chi connectivity index (χ1v) is 10.1. The number of allylic oxidation sites excluding steroid dienone is 5. The van der Waals surface area contributed by atoms with Gasteiger partial charge in [0.15, 0.2) is 5.76 Å². The number of carbonyl (C=O) groups is 2. The van der Waals surface area contributed by atoms with Crippen molar-refractivity contribution in [1.82, 2.24) is 16.0 Å². The molecule has 3 rings (SSSR count). The van der Waals surface area contributed by atoms with Crippen LogP contribution in [0, 0.1) is 5.82 Å². The van der Waals surface area contributed by atoms with E-state index in [0.29, 0.717) is 11.3 Å². The molecule has 1 aliphatic carbocycles. The highest BCUT2D eigenvalue weighted by molar-refractivity contribution is 6.03. The Bertz CT molecular complexity index is 1000. The molecule has 0 bridgehead atoms. The lowest BCUT2D eigenvalue weighted by atomic mass is 9.95. The molecule has 0 saturated heterocycles. The zero-order valence-corrected chi connectivity index (χ0v) is 17.4. The standard InChI is InChI=1S/C24H26FN3O3/c1-15(23(30)26-14-17-8-11-19(25)12-9-17)22(29)24(31)27-16(2)20-13-10-18-6-4-3-5-7-21(18)28-20/h3-5,7-9,11-12,20,28-29H,2,6,10,13-14H2,1H3,(H,26,30)(H,27,31)/b22-15-. The quantitative estimate of drug-likeness (QED) is 0.417. The van der Waals surface area contributed by atoms with Gasteiger partial charge in [-0.25, -0.2) is 4.39 Å². The Kier molecular flexibility index (Phi) is 7.07. The molecule has 1 unspecified atom stereocenters. The number of nitrogens with one attached hydrogen (secondary N) is 3. The minimum atomic E-state index is -0.793. The van der Waals surface area contributed by atoms with Gasteiger partial charge in [0.05, 0.1) is 11.6 Å². The summed E-state index contributed by atoms with van der Waals surface area (Å²) in [7, 11) is 0. The first kappa shape index (κ1) is 22.1. The van der Waals surface area contributed by atoms with E-state index in [1.54, 1.807) is 12.1 Å². The van der Waals surface area contributed by atoms with Gasteiger partial charge in [0.1, 0.15) is 5.82 Å². The third-order valence-corrected chi connectivity index (χ3v) is 5.29. The fraction of sp³-hybridized carbons (Fsp3) is 0.250. The Morgan fingerprint density at radius 2 is 1.97 bits per heavy atom. The predicted octanol–water partition coefficient (Wildman–Crippen LogP) is 3.43. The van der Waals surface area contributed by atoms with Crippen molar-refractivity contribution in [2.75, 3.05) is 0 Å². The molecule has 7 heteroatoms. The van der Waals surface area contributed by atoms with Crippen molar-refractivity contribution < 1.29 is 19.1 Å². The van der Waals surface area contributed by atoms with Crippen LogP contribution >= 0.6 is 0 Å². The van der Waals surface area contributed by atoms with E-state index >= 15 is 0 Å². The Hall–Kier alpha value is -3.61. The number of benzene rings is 1. The Labute approximate surface area is 180 Å². The van der Waals surface area contributed by atoms with Crippen LogP contribution in [0.5, 0.6) is 0 Å². The SMILES string of the molecule is C=C(NC(=O)/C(O)=C(\C)C(=O)NCc1ccc(F)cc1)C1CCC2=C(C=CC=CC2)N1. The topological polar surface area (TPSA) is 90.5 Å². The molecular formula is C24H26FN3O3. The van der Waals surface area contributed by atoms with Crippen molar-refractivity contribution in [2.24, 2.45) is 0 Å². The number of rotatable bonds is 6. The molecule has 1 heterocycles. The molecule has 2 amide bonds. The molecule has 6 nitrogen and oxygen atoms in total. The van der Waals surface area contributed by atoms with Gasteiger partial charge in [-0.05, 0) is 55.5 Å². The van der Waals surface area contributed by atoms with Crippen molar-refractivity contribution in [1.29, 1.82) is 0 Å². The van der Waals surface area contributed by atoms with Crippen molar-refractivity contribution in [3.05, 3.63) is 94.8 Å². The summed E-state index contributed by atoms with van der Waals surface area (Å²) in [4.78, 5) is 24.7. The summed E-state index contributed by atoms with van der Waals surface area (Å²) in [5.74, 6) is -2.43. The highest BCUT2D eigenvalue weighted by Crippen LogP contribution is 2.26. The fourth-order valence-corrected chi connectivity index (χ4v) is 3.38. The monoisotopic (exact) mass is 423 g/mol. The average molecular weight is 423 g/mol. The molecular weight excluding hydrogens is 397 g/mol. The van der Waals surface area contributed by atoms with Gasteiger partial charge in [-0.1, -0.05) is 36.9 Å². The van der Waals surface area contributed by atoms with E-state index in [1.165, 1.54) is 24.6 Å². The minimum Gasteiger partial charge on any atom is -0.503 e. The van der Waals surface area contributed by atoms with Gasteiger partial charge in [-0.3, -0.25) is 9.59 Å². The molecule has 1 aromatic carbocycles. The molecule has 1 aliphatic heterocycles. The normalized spacial score (nSPS) is 18.3. The van der Waals surface area contributed by atoms with Crippen LogP contribution in [0.1, 0.15) is 31.7 Å². The van der Waals surface area contributed by atoms with Gasteiger partial charge in [0.25, 0.3) is 11.8 Å². The van der Waals surface area contributed by atoms with Crippen molar-refractivity contribution in [3.63, 3.8) is 0 Å². The maximum Gasteiger partial charge on any atom is 0.290 e. The van der Waals surface area contributed by atoms with Crippen LogP contribution in [-0.4, -0.2) is 23.0 Å². The third-order valence-electron chi connectivity index (χ3n) is 5.29. The van der Waals surface area contributed by atoms with E-state index in [1.807, 2.05) is 18.2 Å². The van der Waals surface area contributed by atoms with Gasteiger partial charge in [-0.15, -0.1) is 0 Å². The maximum absolute atomic E-state index is 13.0. The summed E-state index contributed by atoms with van der Waals surface area (Å²) in [5, 5.41) is 18.8. The van der Waals surface area contributed by atoms with E-state index in [4.69, 9.17) is 0 Å². The molecule has 2 aliphatic rings. The van der Waals surface area contributed by atoms with Crippen molar-refractivity contribution in [3.8, 4) is 0 Å². The number of carbonyl (C=O) groups excluding carboxylic acids is 2. The maximum atomic E-state index is 13.0. The Morgan fingerprint density at radius 3 is 2.71 bits per heavy atom. The second-order valence-corrected chi connectivity index (χ2v) is 7.51. The molecule has 0 aromatic heterocycles. The van der Waals surface area contributed by atoms with Crippen LogP contribution in [0.3, 0.4) is 0 Å². The van der Waals surface area contributed by atoms with Gasteiger partial charge in [0, 0.05) is 17.9 Å². The lowest BCUT2D eigenvalue weighted by Gasteiger charge is -2.29. The number of halogens is 1. The fourth-order valence-electron chi connectivity index (χ4n) is 3.38. The molecule has 4 N–H and O–H groups in total. The molecule has 162 valence electrons. The van der Waals surface area contributed by atoms with Gasteiger partial charge < -0.3 is 21.1 Å². The lowest BCUT2D eigenvalue weighted by Crippen LogP contribution is -2.41. The van der Waals surface area contributed by atoms with E-state index < -0.39 is 17.6 Å². The predicted molar refractivity (Wildman–Crippen MR) is 117 cm³/mol. The van der Waals surface area contributed by atoms with Crippen LogP contribution in [0.25, 0.3) is 0 Å². The van der Waals surface area contributed by atoms with Crippen molar-refractivity contribution in [2.45, 2.75) is 38.8 Å². The summed E-state index contributed by atoms with van der Waals surface area (Å²) < 4.78 is 13.0. The molecule has 0 spiro atoms. The molecule has 0 fully saturated rings. The van der Waals surface area contributed by atoms with Crippen molar-refractivity contribution >= 4 is 11.8 Å². The molecule has 0 saturated carbocycles. The largest absolute Gasteiger partial charge is 0.503 e.